The van der Waals surface area contributed by atoms with Crippen LogP contribution in [0.25, 0.3) is 0 Å². The van der Waals surface area contributed by atoms with Crippen LogP contribution in [-0.4, -0.2) is 42.8 Å². The molecule has 4 unspecified atom stereocenters. The Kier molecular flexibility index (Phi) is 4.59. The number of hydrogen-bond acceptors (Lipinski definition) is 5. The summed E-state index contributed by atoms with van der Waals surface area (Å²) in [5.41, 5.74) is 0. The summed E-state index contributed by atoms with van der Waals surface area (Å²) >= 11 is 0. The van der Waals surface area contributed by atoms with Crippen molar-refractivity contribution in [1.82, 2.24) is 15.5 Å². The summed E-state index contributed by atoms with van der Waals surface area (Å²) in [5.74, 6) is 3.62. The van der Waals surface area contributed by atoms with Gasteiger partial charge >= 0.3 is 0 Å². The van der Waals surface area contributed by atoms with E-state index in [9.17, 15) is 4.79 Å². The highest BCUT2D eigenvalue weighted by Crippen LogP contribution is 2.43. The van der Waals surface area contributed by atoms with Crippen molar-refractivity contribution in [2.24, 2.45) is 23.7 Å². The van der Waals surface area contributed by atoms with Crippen molar-refractivity contribution < 1.29 is 9.53 Å². The molecular formula is C19H26N4O2. The van der Waals surface area contributed by atoms with Crippen molar-refractivity contribution in [3.8, 4) is 5.88 Å². The third-order valence-electron chi connectivity index (χ3n) is 5.91. The third kappa shape index (κ3) is 3.48. The second-order valence-corrected chi connectivity index (χ2v) is 7.50. The normalized spacial score (nSPS) is 30.5. The third-order valence-corrected chi connectivity index (χ3v) is 5.91. The molecule has 6 heteroatoms. The largest absolute Gasteiger partial charge is 0.480 e. The van der Waals surface area contributed by atoms with Gasteiger partial charge in [0.25, 0.3) is 0 Å². The van der Waals surface area contributed by atoms with Crippen LogP contribution in [0.4, 0.5) is 5.82 Å². The minimum Gasteiger partial charge on any atom is -0.480 e. The van der Waals surface area contributed by atoms with Crippen molar-refractivity contribution in [3.05, 3.63) is 24.3 Å². The van der Waals surface area contributed by atoms with Gasteiger partial charge in [-0.1, -0.05) is 12.2 Å². The Morgan fingerprint density at radius 2 is 2.24 bits per heavy atom. The maximum Gasteiger partial charge on any atom is 0.233 e. The van der Waals surface area contributed by atoms with Crippen molar-refractivity contribution >= 4 is 11.7 Å². The number of allylic oxidation sites excluding steroid dienone is 2. The summed E-state index contributed by atoms with van der Waals surface area (Å²) in [5, 5.41) is 11.5. The molecule has 4 atom stereocenters. The number of nitrogens with zero attached hydrogens (tertiary/aromatic N) is 3. The Bertz CT molecular complexity index is 645. The van der Waals surface area contributed by atoms with Crippen LogP contribution in [0, 0.1) is 23.7 Å². The number of hydrogen-bond donors (Lipinski definition) is 1. The summed E-state index contributed by atoms with van der Waals surface area (Å²) in [6.07, 6.45) is 9.16. The van der Waals surface area contributed by atoms with Crippen molar-refractivity contribution in [3.63, 3.8) is 0 Å². The minimum atomic E-state index is 0.0341. The molecule has 2 bridgehead atoms. The lowest BCUT2D eigenvalue weighted by molar-refractivity contribution is -0.125. The Morgan fingerprint density at radius 1 is 1.32 bits per heavy atom. The van der Waals surface area contributed by atoms with Gasteiger partial charge in [-0.3, -0.25) is 4.79 Å². The highest BCUT2D eigenvalue weighted by molar-refractivity contribution is 5.79. The fourth-order valence-electron chi connectivity index (χ4n) is 4.50. The number of amides is 1. The van der Waals surface area contributed by atoms with E-state index in [1.165, 1.54) is 12.8 Å². The molecule has 2 heterocycles. The van der Waals surface area contributed by atoms with Crippen LogP contribution in [-0.2, 0) is 4.79 Å². The average molecular weight is 342 g/mol. The number of piperidine rings is 1. The number of fused-ring (bicyclic) bond motifs is 2. The maximum atomic E-state index is 12.6. The molecule has 0 spiro atoms. The number of carbonyl (C=O) groups is 1. The molecule has 1 amide bonds. The van der Waals surface area contributed by atoms with Gasteiger partial charge in [0.1, 0.15) is 0 Å². The zero-order valence-electron chi connectivity index (χ0n) is 14.7. The summed E-state index contributed by atoms with van der Waals surface area (Å²) < 4.78 is 5.06. The molecule has 1 aromatic heterocycles. The molecule has 3 aliphatic rings. The second kappa shape index (κ2) is 7.02. The SMILES string of the molecule is COc1ccc(N2CCCC(C(=O)NCC3CC4C=CC3C4)C2)nn1. The number of methoxy groups -OCH3 is 1. The highest BCUT2D eigenvalue weighted by Gasteiger charge is 2.36. The lowest BCUT2D eigenvalue weighted by Gasteiger charge is -2.33. The number of ether oxygens (including phenoxy) is 1. The van der Waals surface area contributed by atoms with Crippen LogP contribution < -0.4 is 15.0 Å². The molecule has 2 aliphatic carbocycles. The van der Waals surface area contributed by atoms with Gasteiger partial charge < -0.3 is 15.0 Å². The van der Waals surface area contributed by atoms with E-state index in [1.807, 2.05) is 12.1 Å². The zero-order chi connectivity index (χ0) is 17.2. The van der Waals surface area contributed by atoms with E-state index in [4.69, 9.17) is 4.74 Å². The van der Waals surface area contributed by atoms with Gasteiger partial charge in [0.2, 0.25) is 11.8 Å². The van der Waals surface area contributed by atoms with E-state index in [-0.39, 0.29) is 11.8 Å². The standard InChI is InChI=1S/C19H26N4O2/c1-25-18-7-6-17(21-22-18)23-8-2-3-15(12-23)19(24)20-11-16-10-13-4-5-14(16)9-13/h4-7,13-16H,2-3,8-12H2,1H3,(H,20,24). The molecule has 1 saturated heterocycles. The van der Waals surface area contributed by atoms with Gasteiger partial charge in [-0.25, -0.2) is 0 Å². The first-order valence-electron chi connectivity index (χ1n) is 9.31. The van der Waals surface area contributed by atoms with E-state index in [1.54, 1.807) is 7.11 Å². The molecule has 1 N–H and O–H groups in total. The average Bonchev–Trinajstić information content (AvgIpc) is 3.29. The molecule has 1 aliphatic heterocycles. The maximum absolute atomic E-state index is 12.6. The number of carbonyl (C=O) groups excluding carboxylic acids is 1. The predicted octanol–water partition coefficient (Wildman–Crippen LogP) is 2.03. The summed E-state index contributed by atoms with van der Waals surface area (Å²) in [7, 11) is 1.58. The summed E-state index contributed by atoms with van der Waals surface area (Å²) in [4.78, 5) is 14.8. The van der Waals surface area contributed by atoms with Gasteiger partial charge in [0.05, 0.1) is 13.0 Å². The number of nitrogens with one attached hydrogen (secondary N) is 1. The van der Waals surface area contributed by atoms with Gasteiger partial charge in [-0.2, -0.15) is 0 Å². The van der Waals surface area contributed by atoms with Gasteiger partial charge in [0, 0.05) is 25.7 Å². The fourth-order valence-corrected chi connectivity index (χ4v) is 4.50. The van der Waals surface area contributed by atoms with Crippen LogP contribution in [0.3, 0.4) is 0 Å². The first-order valence-corrected chi connectivity index (χ1v) is 9.31. The van der Waals surface area contributed by atoms with E-state index in [0.29, 0.717) is 24.3 Å². The Labute approximate surface area is 148 Å². The van der Waals surface area contributed by atoms with E-state index in [2.05, 4.69) is 32.6 Å². The molecule has 6 nitrogen and oxygen atoms in total. The number of anilines is 1. The topological polar surface area (TPSA) is 67.3 Å². The zero-order valence-corrected chi connectivity index (χ0v) is 14.7. The molecule has 4 rings (SSSR count). The van der Waals surface area contributed by atoms with Crippen molar-refractivity contribution in [1.29, 1.82) is 0 Å². The summed E-state index contributed by atoms with van der Waals surface area (Å²) in [6.45, 7) is 2.45. The van der Waals surface area contributed by atoms with Crippen LogP contribution in [0.5, 0.6) is 5.88 Å². The van der Waals surface area contributed by atoms with Crippen LogP contribution in [0.2, 0.25) is 0 Å². The molecule has 1 saturated carbocycles. The van der Waals surface area contributed by atoms with E-state index >= 15 is 0 Å². The van der Waals surface area contributed by atoms with Crippen LogP contribution in [0.15, 0.2) is 24.3 Å². The lowest BCUT2D eigenvalue weighted by atomic mass is 9.92. The molecule has 0 aromatic carbocycles. The van der Waals surface area contributed by atoms with Gasteiger partial charge in [-0.15, -0.1) is 10.2 Å². The molecular weight excluding hydrogens is 316 g/mol. The van der Waals surface area contributed by atoms with Crippen LogP contribution >= 0.6 is 0 Å². The van der Waals surface area contributed by atoms with Gasteiger partial charge in [-0.05, 0) is 49.5 Å². The summed E-state index contributed by atoms with van der Waals surface area (Å²) in [6, 6.07) is 3.72. The lowest BCUT2D eigenvalue weighted by Crippen LogP contribution is -2.44. The second-order valence-electron chi connectivity index (χ2n) is 7.50. The first-order chi connectivity index (χ1) is 12.2. The van der Waals surface area contributed by atoms with Gasteiger partial charge in [0.15, 0.2) is 5.82 Å². The molecule has 2 fully saturated rings. The van der Waals surface area contributed by atoms with Crippen molar-refractivity contribution in [2.45, 2.75) is 25.7 Å². The van der Waals surface area contributed by atoms with E-state index in [0.717, 1.165) is 37.7 Å². The molecule has 134 valence electrons. The Balaban J connectivity index is 1.31. The number of rotatable bonds is 5. The molecule has 25 heavy (non-hydrogen) atoms. The molecule has 1 aromatic rings. The Morgan fingerprint density at radius 3 is 2.92 bits per heavy atom. The monoisotopic (exact) mass is 342 g/mol. The quantitative estimate of drug-likeness (QED) is 0.830. The minimum absolute atomic E-state index is 0.0341. The number of aromatic nitrogens is 2. The van der Waals surface area contributed by atoms with E-state index < -0.39 is 0 Å². The smallest absolute Gasteiger partial charge is 0.233 e. The highest BCUT2D eigenvalue weighted by atomic mass is 16.5. The first kappa shape index (κ1) is 16.4. The molecule has 0 radical (unpaired) electrons. The van der Waals surface area contributed by atoms with Crippen LogP contribution in [0.1, 0.15) is 25.7 Å². The predicted molar refractivity (Wildman–Crippen MR) is 95.4 cm³/mol. The fraction of sp³-hybridized carbons (Fsp3) is 0.632. The van der Waals surface area contributed by atoms with Crippen molar-refractivity contribution in [2.75, 3.05) is 31.6 Å². The Hall–Kier alpha value is -2.11.